The fraction of sp³-hybridized carbons (Fsp3) is 0.364. The number of allylic oxidation sites excluding steroid dienone is 1. The molecule has 1 aromatic heterocycles. The van der Waals surface area contributed by atoms with E-state index in [1.807, 2.05) is 44.2 Å². The number of hydroxylamine groups is 1. The van der Waals surface area contributed by atoms with Crippen LogP contribution in [0.2, 0.25) is 0 Å². The van der Waals surface area contributed by atoms with E-state index in [9.17, 15) is 18.0 Å². The Morgan fingerprint density at radius 2 is 1.97 bits per heavy atom. The molecule has 166 valence electrons. The van der Waals surface area contributed by atoms with Crippen LogP contribution in [0.15, 0.2) is 54.4 Å². The third-order valence-corrected chi connectivity index (χ3v) is 4.79. The Morgan fingerprint density at radius 3 is 2.52 bits per heavy atom. The number of nitrogens with one attached hydrogen (secondary N) is 2. The van der Waals surface area contributed by atoms with E-state index in [4.69, 9.17) is 4.84 Å². The molecule has 0 spiro atoms. The van der Waals surface area contributed by atoms with Gasteiger partial charge in [0.25, 0.3) is 0 Å². The van der Waals surface area contributed by atoms with E-state index in [-0.39, 0.29) is 18.1 Å². The van der Waals surface area contributed by atoms with Crippen LogP contribution in [0.25, 0.3) is 0 Å². The SMILES string of the molecule is CC1=CC(C)(c2ccc(CC(=O)N[C@H](C)c3ccc(OCC(F)(F)F)cn3)cc2)ON1. The number of rotatable bonds is 7. The van der Waals surface area contributed by atoms with Gasteiger partial charge in [-0.25, -0.2) is 0 Å². The van der Waals surface area contributed by atoms with Crippen molar-refractivity contribution in [2.75, 3.05) is 6.61 Å². The highest BCUT2D eigenvalue weighted by Crippen LogP contribution is 2.31. The number of pyridine rings is 1. The van der Waals surface area contributed by atoms with Crippen molar-refractivity contribution in [3.8, 4) is 5.75 Å². The van der Waals surface area contributed by atoms with Gasteiger partial charge in [0.15, 0.2) is 6.61 Å². The molecule has 0 saturated carbocycles. The molecule has 2 heterocycles. The highest BCUT2D eigenvalue weighted by Gasteiger charge is 2.30. The number of benzene rings is 1. The standard InChI is InChI=1S/C22H24F3N3O3/c1-14-11-21(3,31-28-14)17-6-4-16(5-7-17)10-20(29)27-15(2)19-9-8-18(12-26-19)30-13-22(23,24)25/h4-9,11-12,15,28H,10,13H2,1-3H3,(H,27,29)/t15-,21?/m1/s1. The van der Waals surface area contributed by atoms with Crippen LogP contribution in [0.1, 0.15) is 43.6 Å². The molecule has 0 saturated heterocycles. The summed E-state index contributed by atoms with van der Waals surface area (Å²) >= 11 is 0. The van der Waals surface area contributed by atoms with Gasteiger partial charge in [0.05, 0.1) is 24.4 Å². The number of aromatic nitrogens is 1. The van der Waals surface area contributed by atoms with E-state index in [2.05, 4.69) is 20.5 Å². The van der Waals surface area contributed by atoms with Crippen LogP contribution in [0, 0.1) is 0 Å². The second kappa shape index (κ2) is 8.97. The van der Waals surface area contributed by atoms with Crippen molar-refractivity contribution in [2.24, 2.45) is 0 Å². The smallest absolute Gasteiger partial charge is 0.422 e. The molecule has 6 nitrogen and oxygen atoms in total. The molecule has 31 heavy (non-hydrogen) atoms. The molecular weight excluding hydrogens is 411 g/mol. The minimum absolute atomic E-state index is 0.0138. The minimum Gasteiger partial charge on any atom is -0.483 e. The first-order valence-electron chi connectivity index (χ1n) is 9.72. The Balaban J connectivity index is 1.53. The number of nitrogens with zero attached hydrogens (tertiary/aromatic N) is 1. The summed E-state index contributed by atoms with van der Waals surface area (Å²) in [6.07, 6.45) is -1.03. The number of ether oxygens (including phenoxy) is 1. The van der Waals surface area contributed by atoms with Crippen LogP contribution in [-0.4, -0.2) is 23.7 Å². The number of carbonyl (C=O) groups is 1. The van der Waals surface area contributed by atoms with Crippen molar-refractivity contribution < 1.29 is 27.5 Å². The Hall–Kier alpha value is -3.07. The molecule has 1 aromatic carbocycles. The molecule has 0 aliphatic carbocycles. The van der Waals surface area contributed by atoms with Crippen LogP contribution in [-0.2, 0) is 21.7 Å². The summed E-state index contributed by atoms with van der Waals surface area (Å²) in [6.45, 7) is 4.24. The molecule has 3 rings (SSSR count). The van der Waals surface area contributed by atoms with Gasteiger partial charge in [0.2, 0.25) is 5.91 Å². The van der Waals surface area contributed by atoms with Crippen molar-refractivity contribution in [1.82, 2.24) is 15.8 Å². The van der Waals surface area contributed by atoms with Gasteiger partial charge >= 0.3 is 6.18 Å². The van der Waals surface area contributed by atoms with Crippen LogP contribution >= 0.6 is 0 Å². The molecule has 9 heteroatoms. The number of hydrogen-bond acceptors (Lipinski definition) is 5. The summed E-state index contributed by atoms with van der Waals surface area (Å²) in [5.74, 6) is -0.181. The van der Waals surface area contributed by atoms with Gasteiger partial charge in [-0.2, -0.15) is 13.2 Å². The number of carbonyl (C=O) groups excluding carboxylic acids is 1. The van der Waals surface area contributed by atoms with Gasteiger partial charge in [-0.05, 0) is 50.1 Å². The number of alkyl halides is 3. The first-order valence-corrected chi connectivity index (χ1v) is 9.72. The van der Waals surface area contributed by atoms with Gasteiger partial charge in [0.1, 0.15) is 11.4 Å². The number of halogens is 3. The lowest BCUT2D eigenvalue weighted by molar-refractivity contribution is -0.153. The maximum absolute atomic E-state index is 12.4. The predicted molar refractivity (Wildman–Crippen MR) is 108 cm³/mol. The van der Waals surface area contributed by atoms with E-state index in [1.54, 1.807) is 6.92 Å². The highest BCUT2D eigenvalue weighted by atomic mass is 19.4. The monoisotopic (exact) mass is 435 g/mol. The summed E-state index contributed by atoms with van der Waals surface area (Å²) in [5, 5.41) is 2.84. The zero-order valence-electron chi connectivity index (χ0n) is 17.4. The number of hydrogen-bond donors (Lipinski definition) is 2. The lowest BCUT2D eigenvalue weighted by atomic mass is 9.94. The van der Waals surface area contributed by atoms with E-state index in [0.717, 1.165) is 16.8 Å². The molecule has 1 aliphatic rings. The quantitative estimate of drug-likeness (QED) is 0.685. The van der Waals surface area contributed by atoms with Gasteiger partial charge < -0.3 is 10.1 Å². The van der Waals surface area contributed by atoms with E-state index in [0.29, 0.717) is 5.69 Å². The van der Waals surface area contributed by atoms with Crippen molar-refractivity contribution in [3.63, 3.8) is 0 Å². The molecule has 0 radical (unpaired) electrons. The van der Waals surface area contributed by atoms with Gasteiger partial charge in [-0.15, -0.1) is 0 Å². The molecule has 1 amide bonds. The average Bonchev–Trinajstić information content (AvgIpc) is 3.06. The first-order chi connectivity index (χ1) is 14.5. The maximum atomic E-state index is 12.4. The third kappa shape index (κ3) is 6.21. The predicted octanol–water partition coefficient (Wildman–Crippen LogP) is 4.10. The third-order valence-electron chi connectivity index (χ3n) is 4.79. The zero-order valence-corrected chi connectivity index (χ0v) is 17.4. The molecule has 2 aromatic rings. The fourth-order valence-electron chi connectivity index (χ4n) is 3.20. The van der Waals surface area contributed by atoms with E-state index < -0.39 is 24.4 Å². The van der Waals surface area contributed by atoms with Crippen molar-refractivity contribution in [3.05, 3.63) is 71.2 Å². The zero-order chi connectivity index (χ0) is 22.6. The molecule has 0 fully saturated rings. The normalized spacial score (nSPS) is 19.4. The van der Waals surface area contributed by atoms with Crippen LogP contribution < -0.4 is 15.5 Å². The Bertz CT molecular complexity index is 943. The van der Waals surface area contributed by atoms with Gasteiger partial charge in [-0.1, -0.05) is 24.3 Å². The molecule has 2 N–H and O–H groups in total. The number of amides is 1. The van der Waals surface area contributed by atoms with Crippen molar-refractivity contribution >= 4 is 5.91 Å². The lowest BCUT2D eigenvalue weighted by Crippen LogP contribution is -2.28. The Labute approximate surface area is 178 Å². The molecular formula is C22H24F3N3O3. The molecule has 1 aliphatic heterocycles. The summed E-state index contributed by atoms with van der Waals surface area (Å²) in [7, 11) is 0. The van der Waals surface area contributed by atoms with Crippen molar-refractivity contribution in [2.45, 2.75) is 45.0 Å². The van der Waals surface area contributed by atoms with E-state index >= 15 is 0 Å². The molecule has 1 unspecified atom stereocenters. The average molecular weight is 435 g/mol. The van der Waals surface area contributed by atoms with E-state index in [1.165, 1.54) is 18.3 Å². The lowest BCUT2D eigenvalue weighted by Gasteiger charge is -2.21. The molecule has 0 bridgehead atoms. The highest BCUT2D eigenvalue weighted by molar-refractivity contribution is 5.79. The summed E-state index contributed by atoms with van der Waals surface area (Å²) in [6, 6.07) is 10.1. The van der Waals surface area contributed by atoms with Gasteiger partial charge in [-0.3, -0.25) is 20.1 Å². The largest absolute Gasteiger partial charge is 0.483 e. The fourth-order valence-corrected chi connectivity index (χ4v) is 3.20. The first kappa shape index (κ1) is 22.6. The topological polar surface area (TPSA) is 72.5 Å². The summed E-state index contributed by atoms with van der Waals surface area (Å²) in [4.78, 5) is 22.1. The van der Waals surface area contributed by atoms with Crippen LogP contribution in [0.4, 0.5) is 13.2 Å². The van der Waals surface area contributed by atoms with Crippen molar-refractivity contribution in [1.29, 1.82) is 0 Å². The Kier molecular flexibility index (Phi) is 6.54. The van der Waals surface area contributed by atoms with Gasteiger partial charge in [0, 0.05) is 5.70 Å². The maximum Gasteiger partial charge on any atom is 0.422 e. The summed E-state index contributed by atoms with van der Waals surface area (Å²) < 4.78 is 41.2. The molecule has 2 atom stereocenters. The minimum atomic E-state index is -4.41. The summed E-state index contributed by atoms with van der Waals surface area (Å²) in [5.41, 5.74) is 5.55. The van der Waals surface area contributed by atoms with Crippen LogP contribution in [0.5, 0.6) is 5.75 Å². The Morgan fingerprint density at radius 1 is 1.26 bits per heavy atom. The van der Waals surface area contributed by atoms with Crippen LogP contribution in [0.3, 0.4) is 0 Å². The second-order valence-electron chi connectivity index (χ2n) is 7.62. The second-order valence-corrected chi connectivity index (χ2v) is 7.62.